The van der Waals surface area contributed by atoms with Crippen LogP contribution in [0.25, 0.3) is 0 Å². The summed E-state index contributed by atoms with van der Waals surface area (Å²) < 4.78 is 43.1. The molecule has 0 saturated carbocycles. The third-order valence-electron chi connectivity index (χ3n) is 2.23. The highest BCUT2D eigenvalue weighted by atomic mass is 19.3. The summed E-state index contributed by atoms with van der Waals surface area (Å²) >= 11 is 0. The molecule has 2 N–H and O–H groups in total. The van der Waals surface area contributed by atoms with Crippen molar-refractivity contribution < 1.29 is 22.7 Å². The number of hydrogen-bond donors (Lipinski definition) is 1. The fourth-order valence-electron chi connectivity index (χ4n) is 1.44. The van der Waals surface area contributed by atoms with Crippen molar-refractivity contribution in [1.29, 1.82) is 0 Å². The van der Waals surface area contributed by atoms with Crippen LogP contribution in [0.2, 0.25) is 0 Å². The first-order valence-electron chi connectivity index (χ1n) is 5.31. The van der Waals surface area contributed by atoms with Gasteiger partial charge in [-0.05, 0) is 18.6 Å². The van der Waals surface area contributed by atoms with Gasteiger partial charge in [0.05, 0.1) is 13.0 Å². The van der Waals surface area contributed by atoms with Crippen LogP contribution in [0.5, 0.6) is 0 Å². The standard InChI is InChI=1S/C11H13F3N2O2/c1-2-18-8(17)4-6-3-7(5-15)9(10(12)13)16-11(6)14/h3,10H,2,4-5,15H2,1H3. The van der Waals surface area contributed by atoms with Crippen molar-refractivity contribution in [1.82, 2.24) is 4.98 Å². The lowest BCUT2D eigenvalue weighted by Crippen LogP contribution is -2.13. The SMILES string of the molecule is CCOC(=O)Cc1cc(CN)c(C(F)F)nc1F. The van der Waals surface area contributed by atoms with Crippen LogP contribution in [0.15, 0.2) is 6.07 Å². The van der Waals surface area contributed by atoms with Crippen LogP contribution >= 0.6 is 0 Å². The van der Waals surface area contributed by atoms with Gasteiger partial charge in [0.15, 0.2) is 0 Å². The van der Waals surface area contributed by atoms with E-state index in [2.05, 4.69) is 9.72 Å². The number of alkyl halides is 2. The molecule has 18 heavy (non-hydrogen) atoms. The van der Waals surface area contributed by atoms with E-state index in [1.54, 1.807) is 6.92 Å². The first kappa shape index (κ1) is 14.4. The predicted molar refractivity (Wildman–Crippen MR) is 57.4 cm³/mol. The molecule has 1 aromatic heterocycles. The summed E-state index contributed by atoms with van der Waals surface area (Å²) in [5.41, 5.74) is 4.51. The lowest BCUT2D eigenvalue weighted by Gasteiger charge is -2.09. The first-order chi connectivity index (χ1) is 8.49. The Bertz CT molecular complexity index is 439. The van der Waals surface area contributed by atoms with Crippen molar-refractivity contribution in [3.8, 4) is 0 Å². The minimum Gasteiger partial charge on any atom is -0.466 e. The molecule has 0 amide bonds. The van der Waals surface area contributed by atoms with Gasteiger partial charge in [0.2, 0.25) is 5.95 Å². The van der Waals surface area contributed by atoms with Gasteiger partial charge < -0.3 is 10.5 Å². The topological polar surface area (TPSA) is 65.2 Å². The summed E-state index contributed by atoms with van der Waals surface area (Å²) in [6, 6.07) is 1.13. The molecule has 1 rings (SSSR count). The molecule has 0 radical (unpaired) electrons. The van der Waals surface area contributed by atoms with E-state index in [4.69, 9.17) is 5.73 Å². The normalized spacial score (nSPS) is 10.8. The molecule has 0 fully saturated rings. The summed E-state index contributed by atoms with van der Waals surface area (Å²) in [7, 11) is 0. The molecule has 100 valence electrons. The number of aromatic nitrogens is 1. The number of rotatable bonds is 5. The van der Waals surface area contributed by atoms with E-state index in [1.807, 2.05) is 0 Å². The van der Waals surface area contributed by atoms with E-state index in [-0.39, 0.29) is 30.7 Å². The molecule has 0 aliphatic rings. The molecule has 0 spiro atoms. The molecule has 7 heteroatoms. The molecular weight excluding hydrogens is 249 g/mol. The molecule has 0 unspecified atom stereocenters. The number of carbonyl (C=O) groups excluding carboxylic acids is 1. The largest absolute Gasteiger partial charge is 0.466 e. The number of hydrogen-bond acceptors (Lipinski definition) is 4. The monoisotopic (exact) mass is 262 g/mol. The van der Waals surface area contributed by atoms with Gasteiger partial charge in [-0.1, -0.05) is 0 Å². The van der Waals surface area contributed by atoms with Gasteiger partial charge in [0.1, 0.15) is 5.69 Å². The van der Waals surface area contributed by atoms with Crippen molar-refractivity contribution >= 4 is 5.97 Å². The number of nitrogens with two attached hydrogens (primary N) is 1. The van der Waals surface area contributed by atoms with Gasteiger partial charge in [0, 0.05) is 12.1 Å². The van der Waals surface area contributed by atoms with Crippen LogP contribution in [0.3, 0.4) is 0 Å². The third-order valence-corrected chi connectivity index (χ3v) is 2.23. The van der Waals surface area contributed by atoms with E-state index in [0.717, 1.165) is 6.07 Å². The maximum absolute atomic E-state index is 13.4. The second kappa shape index (κ2) is 6.34. The second-order valence-corrected chi connectivity index (χ2v) is 3.47. The highest BCUT2D eigenvalue weighted by molar-refractivity contribution is 5.72. The Hall–Kier alpha value is -1.63. The highest BCUT2D eigenvalue weighted by Gasteiger charge is 2.19. The Morgan fingerprint density at radius 2 is 2.17 bits per heavy atom. The predicted octanol–water partition coefficient (Wildman–Crippen LogP) is 1.72. The fourth-order valence-corrected chi connectivity index (χ4v) is 1.44. The summed E-state index contributed by atoms with van der Waals surface area (Å²) in [5, 5.41) is 0. The zero-order valence-electron chi connectivity index (χ0n) is 9.75. The van der Waals surface area contributed by atoms with Crippen LogP contribution in [0, 0.1) is 5.95 Å². The van der Waals surface area contributed by atoms with E-state index in [0.29, 0.717) is 0 Å². The molecule has 0 aromatic carbocycles. The van der Waals surface area contributed by atoms with Gasteiger partial charge in [-0.15, -0.1) is 0 Å². The number of carbonyl (C=O) groups is 1. The summed E-state index contributed by atoms with van der Waals surface area (Å²) in [6.45, 7) is 1.56. The molecule has 1 aromatic rings. The lowest BCUT2D eigenvalue weighted by molar-refractivity contribution is -0.142. The Balaban J connectivity index is 3.04. The zero-order chi connectivity index (χ0) is 13.7. The molecule has 0 aliphatic heterocycles. The summed E-state index contributed by atoms with van der Waals surface area (Å²) in [6.07, 6.45) is -3.27. The average molecular weight is 262 g/mol. The highest BCUT2D eigenvalue weighted by Crippen LogP contribution is 2.23. The fraction of sp³-hybridized carbons (Fsp3) is 0.455. The Morgan fingerprint density at radius 1 is 1.50 bits per heavy atom. The molecule has 1 heterocycles. The smallest absolute Gasteiger partial charge is 0.310 e. The molecular formula is C11H13F3N2O2. The minimum absolute atomic E-state index is 0.0192. The van der Waals surface area contributed by atoms with Gasteiger partial charge >= 0.3 is 5.97 Å². The van der Waals surface area contributed by atoms with E-state index in [1.165, 1.54) is 0 Å². The summed E-state index contributed by atoms with van der Waals surface area (Å²) in [4.78, 5) is 14.3. The minimum atomic E-state index is -2.91. The van der Waals surface area contributed by atoms with Crippen LogP contribution in [0.1, 0.15) is 30.2 Å². The molecule has 0 atom stereocenters. The number of halogens is 3. The Morgan fingerprint density at radius 3 is 2.67 bits per heavy atom. The van der Waals surface area contributed by atoms with E-state index < -0.39 is 24.0 Å². The number of esters is 1. The molecule has 0 saturated heterocycles. The first-order valence-corrected chi connectivity index (χ1v) is 5.31. The van der Waals surface area contributed by atoms with Crippen LogP contribution in [-0.2, 0) is 22.5 Å². The maximum Gasteiger partial charge on any atom is 0.310 e. The van der Waals surface area contributed by atoms with Gasteiger partial charge in [0.25, 0.3) is 6.43 Å². The quantitative estimate of drug-likeness (QED) is 0.648. The van der Waals surface area contributed by atoms with Crippen molar-refractivity contribution in [3.63, 3.8) is 0 Å². The van der Waals surface area contributed by atoms with Crippen molar-refractivity contribution in [3.05, 3.63) is 28.8 Å². The van der Waals surface area contributed by atoms with E-state index >= 15 is 0 Å². The molecule has 4 nitrogen and oxygen atoms in total. The summed E-state index contributed by atoms with van der Waals surface area (Å²) in [5.74, 6) is -1.75. The van der Waals surface area contributed by atoms with Gasteiger partial charge in [-0.3, -0.25) is 4.79 Å². The van der Waals surface area contributed by atoms with Crippen molar-refractivity contribution in [2.75, 3.05) is 6.61 Å². The second-order valence-electron chi connectivity index (χ2n) is 3.47. The number of nitrogens with zero attached hydrogens (tertiary/aromatic N) is 1. The molecule has 0 aliphatic carbocycles. The average Bonchev–Trinajstić information content (AvgIpc) is 2.31. The lowest BCUT2D eigenvalue weighted by atomic mass is 10.1. The van der Waals surface area contributed by atoms with Crippen molar-refractivity contribution in [2.24, 2.45) is 5.73 Å². The zero-order valence-corrected chi connectivity index (χ0v) is 9.75. The van der Waals surface area contributed by atoms with Gasteiger partial charge in [-0.25, -0.2) is 13.8 Å². The third kappa shape index (κ3) is 3.43. The van der Waals surface area contributed by atoms with Gasteiger partial charge in [-0.2, -0.15) is 4.39 Å². The molecule has 0 bridgehead atoms. The maximum atomic E-state index is 13.4. The Labute approximate surface area is 102 Å². The van der Waals surface area contributed by atoms with Crippen LogP contribution < -0.4 is 5.73 Å². The Kier molecular flexibility index (Phi) is 5.08. The number of pyridine rings is 1. The van der Waals surface area contributed by atoms with Crippen LogP contribution in [0.4, 0.5) is 13.2 Å². The van der Waals surface area contributed by atoms with Crippen molar-refractivity contribution in [2.45, 2.75) is 26.3 Å². The number of ether oxygens (including phenoxy) is 1. The van der Waals surface area contributed by atoms with E-state index in [9.17, 15) is 18.0 Å². The van der Waals surface area contributed by atoms with Crippen LogP contribution in [-0.4, -0.2) is 17.6 Å².